The third kappa shape index (κ3) is 7.31. The van der Waals surface area contributed by atoms with Crippen LogP contribution in [0.3, 0.4) is 0 Å². The second-order valence-corrected chi connectivity index (χ2v) is 7.10. The quantitative estimate of drug-likeness (QED) is 0.193. The SMILES string of the molecule is CC(NC(=O)C(N)CC(N)=O)C(=O)N1CCCC1C(=O)NC(CCC(N)=O)C(=O)O. The van der Waals surface area contributed by atoms with E-state index in [2.05, 4.69) is 10.6 Å². The monoisotopic (exact) mass is 428 g/mol. The molecule has 4 unspecified atom stereocenters. The molecule has 0 aromatic rings. The molecule has 13 nitrogen and oxygen atoms in total. The van der Waals surface area contributed by atoms with Gasteiger partial charge in [-0.15, -0.1) is 0 Å². The van der Waals surface area contributed by atoms with E-state index in [0.29, 0.717) is 12.8 Å². The molecule has 1 rings (SSSR count). The normalized spacial score (nSPS) is 18.7. The highest BCUT2D eigenvalue weighted by atomic mass is 16.4. The molecule has 0 radical (unpaired) electrons. The molecular formula is C17H28N6O7. The lowest BCUT2D eigenvalue weighted by molar-refractivity contribution is -0.145. The van der Waals surface area contributed by atoms with Crippen LogP contribution in [-0.4, -0.2) is 76.2 Å². The summed E-state index contributed by atoms with van der Waals surface area (Å²) >= 11 is 0. The first-order valence-corrected chi connectivity index (χ1v) is 9.40. The Labute approximate surface area is 172 Å². The third-order valence-electron chi connectivity index (χ3n) is 4.62. The molecule has 0 aromatic heterocycles. The number of hydrogen-bond donors (Lipinski definition) is 6. The Kier molecular flexibility index (Phi) is 9.17. The van der Waals surface area contributed by atoms with Gasteiger partial charge in [-0.2, -0.15) is 0 Å². The number of aliphatic carboxylic acids is 1. The Hall–Kier alpha value is -3.22. The molecule has 1 aliphatic rings. The van der Waals surface area contributed by atoms with Gasteiger partial charge in [-0.3, -0.25) is 24.0 Å². The number of primary amides is 2. The fraction of sp³-hybridized carbons (Fsp3) is 0.647. The van der Waals surface area contributed by atoms with E-state index in [0.717, 1.165) is 0 Å². The first-order valence-electron chi connectivity index (χ1n) is 9.40. The van der Waals surface area contributed by atoms with Crippen molar-refractivity contribution in [2.45, 2.75) is 63.2 Å². The summed E-state index contributed by atoms with van der Waals surface area (Å²) in [5, 5.41) is 13.9. The van der Waals surface area contributed by atoms with E-state index in [9.17, 15) is 33.9 Å². The van der Waals surface area contributed by atoms with Crippen molar-refractivity contribution < 1.29 is 33.9 Å². The number of amides is 5. The van der Waals surface area contributed by atoms with Crippen molar-refractivity contribution in [2.75, 3.05) is 6.54 Å². The second-order valence-electron chi connectivity index (χ2n) is 7.10. The van der Waals surface area contributed by atoms with Gasteiger partial charge >= 0.3 is 5.97 Å². The molecule has 9 N–H and O–H groups in total. The van der Waals surface area contributed by atoms with Crippen LogP contribution in [0.15, 0.2) is 0 Å². The molecule has 0 aliphatic carbocycles. The second kappa shape index (κ2) is 11.1. The molecule has 1 fully saturated rings. The minimum atomic E-state index is -1.33. The van der Waals surface area contributed by atoms with E-state index in [4.69, 9.17) is 17.2 Å². The summed E-state index contributed by atoms with van der Waals surface area (Å²) in [5.74, 6) is -4.78. The Morgan fingerprint density at radius 3 is 2.27 bits per heavy atom. The number of carbonyl (C=O) groups is 6. The van der Waals surface area contributed by atoms with Crippen LogP contribution < -0.4 is 27.8 Å². The van der Waals surface area contributed by atoms with E-state index in [-0.39, 0.29) is 25.8 Å². The van der Waals surface area contributed by atoms with Gasteiger partial charge in [0.2, 0.25) is 29.5 Å². The summed E-state index contributed by atoms with van der Waals surface area (Å²) in [7, 11) is 0. The van der Waals surface area contributed by atoms with Gasteiger partial charge < -0.3 is 37.8 Å². The van der Waals surface area contributed by atoms with Crippen LogP contribution in [0.5, 0.6) is 0 Å². The van der Waals surface area contributed by atoms with E-state index < -0.39 is 59.7 Å². The lowest BCUT2D eigenvalue weighted by Gasteiger charge is -2.28. The van der Waals surface area contributed by atoms with E-state index in [1.54, 1.807) is 0 Å². The van der Waals surface area contributed by atoms with Crippen LogP contribution in [0.4, 0.5) is 0 Å². The van der Waals surface area contributed by atoms with E-state index >= 15 is 0 Å². The predicted octanol–water partition coefficient (Wildman–Crippen LogP) is -3.48. The summed E-state index contributed by atoms with van der Waals surface area (Å²) in [6, 6.07) is -4.50. The summed E-state index contributed by atoms with van der Waals surface area (Å²) in [5.41, 5.74) is 15.5. The van der Waals surface area contributed by atoms with Gasteiger partial charge in [0, 0.05) is 13.0 Å². The fourth-order valence-electron chi connectivity index (χ4n) is 3.06. The number of carboxylic acids is 1. The maximum Gasteiger partial charge on any atom is 0.326 e. The number of carbonyl (C=O) groups excluding carboxylic acids is 5. The number of nitrogens with one attached hydrogen (secondary N) is 2. The van der Waals surface area contributed by atoms with Crippen molar-refractivity contribution in [3.63, 3.8) is 0 Å². The molecule has 30 heavy (non-hydrogen) atoms. The highest BCUT2D eigenvalue weighted by Crippen LogP contribution is 2.19. The zero-order chi connectivity index (χ0) is 23.0. The average Bonchev–Trinajstić information content (AvgIpc) is 3.12. The zero-order valence-corrected chi connectivity index (χ0v) is 16.6. The Morgan fingerprint density at radius 1 is 1.10 bits per heavy atom. The number of carboxylic acid groups (broad SMARTS) is 1. The van der Waals surface area contributed by atoms with Gasteiger partial charge in [-0.1, -0.05) is 0 Å². The molecule has 0 spiro atoms. The van der Waals surface area contributed by atoms with Crippen LogP contribution in [-0.2, 0) is 28.8 Å². The van der Waals surface area contributed by atoms with Crippen LogP contribution in [0.25, 0.3) is 0 Å². The predicted molar refractivity (Wildman–Crippen MR) is 102 cm³/mol. The highest BCUT2D eigenvalue weighted by Gasteiger charge is 2.38. The van der Waals surface area contributed by atoms with Crippen molar-refractivity contribution in [3.05, 3.63) is 0 Å². The van der Waals surface area contributed by atoms with Gasteiger partial charge in [-0.25, -0.2) is 4.79 Å². The first-order chi connectivity index (χ1) is 13.9. The minimum absolute atomic E-state index is 0.179. The summed E-state index contributed by atoms with van der Waals surface area (Å²) in [6.45, 7) is 1.64. The molecule has 0 aromatic carbocycles. The van der Waals surface area contributed by atoms with E-state index in [1.807, 2.05) is 0 Å². The summed E-state index contributed by atoms with van der Waals surface area (Å²) in [4.78, 5) is 71.5. The summed E-state index contributed by atoms with van der Waals surface area (Å²) < 4.78 is 0. The lowest BCUT2D eigenvalue weighted by atomic mass is 10.1. The molecule has 5 amide bonds. The zero-order valence-electron chi connectivity index (χ0n) is 16.6. The molecule has 1 heterocycles. The first kappa shape index (κ1) is 24.8. The fourth-order valence-corrected chi connectivity index (χ4v) is 3.06. The Bertz CT molecular complexity index is 713. The van der Waals surface area contributed by atoms with Crippen LogP contribution >= 0.6 is 0 Å². The Morgan fingerprint density at radius 2 is 1.73 bits per heavy atom. The number of hydrogen-bond acceptors (Lipinski definition) is 7. The van der Waals surface area contributed by atoms with Gasteiger partial charge in [0.25, 0.3) is 0 Å². The van der Waals surface area contributed by atoms with Crippen molar-refractivity contribution in [3.8, 4) is 0 Å². The van der Waals surface area contributed by atoms with Crippen molar-refractivity contribution in [1.29, 1.82) is 0 Å². The smallest absolute Gasteiger partial charge is 0.326 e. The minimum Gasteiger partial charge on any atom is -0.480 e. The lowest BCUT2D eigenvalue weighted by Crippen LogP contribution is -2.56. The molecule has 168 valence electrons. The number of likely N-dealkylation sites (tertiary alicyclic amines) is 1. The maximum atomic E-state index is 12.7. The van der Waals surface area contributed by atoms with Crippen LogP contribution in [0.2, 0.25) is 0 Å². The van der Waals surface area contributed by atoms with Crippen molar-refractivity contribution in [2.24, 2.45) is 17.2 Å². The molecule has 1 aliphatic heterocycles. The number of nitrogens with two attached hydrogens (primary N) is 3. The topological polar surface area (TPSA) is 228 Å². The largest absolute Gasteiger partial charge is 0.480 e. The van der Waals surface area contributed by atoms with Crippen molar-refractivity contribution in [1.82, 2.24) is 15.5 Å². The van der Waals surface area contributed by atoms with Crippen LogP contribution in [0, 0.1) is 0 Å². The summed E-state index contributed by atoms with van der Waals surface area (Å²) in [6.07, 6.45) is 0.0239. The van der Waals surface area contributed by atoms with E-state index in [1.165, 1.54) is 11.8 Å². The van der Waals surface area contributed by atoms with Gasteiger partial charge in [0.05, 0.1) is 12.5 Å². The maximum absolute atomic E-state index is 12.7. The molecule has 13 heteroatoms. The molecule has 0 saturated carbocycles. The average molecular weight is 428 g/mol. The Balaban J connectivity index is 2.74. The number of rotatable bonds is 11. The molecular weight excluding hydrogens is 400 g/mol. The highest BCUT2D eigenvalue weighted by molar-refractivity contribution is 5.95. The van der Waals surface area contributed by atoms with Gasteiger partial charge in [-0.05, 0) is 26.2 Å². The number of nitrogens with zero attached hydrogens (tertiary/aromatic N) is 1. The standard InChI is InChI=1S/C17H28N6O7/c1-8(21-14(26)9(18)7-13(20)25)16(28)23-6-2-3-11(23)15(27)22-10(17(29)30)4-5-12(19)24/h8-11H,2-7,18H2,1H3,(H2,19,24)(H2,20,25)(H,21,26)(H,22,27)(H,29,30). The molecule has 0 bridgehead atoms. The molecule has 1 saturated heterocycles. The van der Waals surface area contributed by atoms with Gasteiger partial charge in [0.15, 0.2) is 0 Å². The van der Waals surface area contributed by atoms with Crippen LogP contribution in [0.1, 0.15) is 39.0 Å². The third-order valence-corrected chi connectivity index (χ3v) is 4.62. The molecule has 4 atom stereocenters. The van der Waals surface area contributed by atoms with Crippen molar-refractivity contribution >= 4 is 35.5 Å². The van der Waals surface area contributed by atoms with Gasteiger partial charge in [0.1, 0.15) is 18.1 Å².